The minimum Gasteiger partial charge on any atom is -0.493 e. The van der Waals surface area contributed by atoms with Crippen LogP contribution in [0.25, 0.3) is 0 Å². The number of ether oxygens (including phenoxy) is 2. The van der Waals surface area contributed by atoms with Crippen LogP contribution in [-0.2, 0) is 0 Å². The van der Waals surface area contributed by atoms with Crippen LogP contribution in [0.4, 0.5) is 10.1 Å². The highest BCUT2D eigenvalue weighted by atomic mass is 19.1. The van der Waals surface area contributed by atoms with E-state index in [9.17, 15) is 9.18 Å². The number of hydrogen-bond acceptors (Lipinski definition) is 4. The van der Waals surface area contributed by atoms with Crippen molar-refractivity contribution >= 4 is 11.6 Å². The van der Waals surface area contributed by atoms with Crippen LogP contribution in [-0.4, -0.2) is 32.2 Å². The largest absolute Gasteiger partial charge is 0.493 e. The van der Waals surface area contributed by atoms with Crippen LogP contribution >= 0.6 is 0 Å². The summed E-state index contributed by atoms with van der Waals surface area (Å²) in [5.74, 6) is -0.0203. The molecular weight excluding hydrogens is 323 g/mol. The van der Waals surface area contributed by atoms with Gasteiger partial charge in [-0.2, -0.15) is 0 Å². The van der Waals surface area contributed by atoms with Gasteiger partial charge in [0, 0.05) is 6.54 Å². The van der Waals surface area contributed by atoms with Crippen LogP contribution in [0.15, 0.2) is 42.5 Å². The van der Waals surface area contributed by atoms with Crippen molar-refractivity contribution in [3.8, 4) is 11.5 Å². The fraction of sp³-hybridized carbons (Fsp3) is 0.316. The lowest BCUT2D eigenvalue weighted by Crippen LogP contribution is -2.42. The Labute approximate surface area is 146 Å². The van der Waals surface area contributed by atoms with E-state index < -0.39 is 11.7 Å². The summed E-state index contributed by atoms with van der Waals surface area (Å²) in [6.45, 7) is 1.26. The lowest BCUT2D eigenvalue weighted by atomic mass is 10.0. The lowest BCUT2D eigenvalue weighted by molar-refractivity contribution is 0.0996. The number of primary amides is 1. The molecule has 5 nitrogen and oxygen atoms in total. The van der Waals surface area contributed by atoms with Gasteiger partial charge in [0.2, 0.25) is 0 Å². The van der Waals surface area contributed by atoms with E-state index in [2.05, 4.69) is 0 Å². The summed E-state index contributed by atoms with van der Waals surface area (Å²) in [6, 6.07) is 12.0. The number of anilines is 1. The highest BCUT2D eigenvalue weighted by molar-refractivity contribution is 5.99. The highest BCUT2D eigenvalue weighted by Crippen LogP contribution is 2.31. The maximum absolute atomic E-state index is 14.0. The topological polar surface area (TPSA) is 64.8 Å². The number of para-hydroxylation sites is 2. The average Bonchev–Trinajstić information content (AvgIpc) is 2.62. The summed E-state index contributed by atoms with van der Waals surface area (Å²) < 4.78 is 25.4. The minimum atomic E-state index is -0.763. The van der Waals surface area contributed by atoms with Gasteiger partial charge in [-0.25, -0.2) is 4.39 Å². The van der Waals surface area contributed by atoms with Crippen LogP contribution in [0.2, 0.25) is 0 Å². The average molecular weight is 344 g/mol. The maximum Gasteiger partial charge on any atom is 0.253 e. The summed E-state index contributed by atoms with van der Waals surface area (Å²) >= 11 is 0. The molecule has 0 bridgehead atoms. The van der Waals surface area contributed by atoms with Crippen molar-refractivity contribution in [2.24, 2.45) is 5.73 Å². The summed E-state index contributed by atoms with van der Waals surface area (Å²) in [6.07, 6.45) is 1.65. The second-order valence-corrected chi connectivity index (χ2v) is 5.98. The maximum atomic E-state index is 14.0. The van der Waals surface area contributed by atoms with Crippen molar-refractivity contribution in [2.45, 2.75) is 18.9 Å². The van der Waals surface area contributed by atoms with E-state index in [1.54, 1.807) is 19.2 Å². The van der Waals surface area contributed by atoms with E-state index >= 15 is 0 Å². The monoisotopic (exact) mass is 344 g/mol. The lowest BCUT2D eigenvalue weighted by Gasteiger charge is -2.35. The van der Waals surface area contributed by atoms with E-state index in [4.69, 9.17) is 15.2 Å². The van der Waals surface area contributed by atoms with Crippen molar-refractivity contribution in [1.82, 2.24) is 0 Å². The number of nitrogens with two attached hydrogens (primary N) is 1. The van der Waals surface area contributed by atoms with Gasteiger partial charge >= 0.3 is 0 Å². The third-order valence-electron chi connectivity index (χ3n) is 4.32. The summed E-state index contributed by atoms with van der Waals surface area (Å²) in [5, 5.41) is 0. The van der Waals surface area contributed by atoms with Gasteiger partial charge in [0.1, 0.15) is 11.9 Å². The molecule has 0 aliphatic carbocycles. The molecule has 2 aromatic rings. The van der Waals surface area contributed by atoms with Gasteiger partial charge in [-0.15, -0.1) is 0 Å². The number of carbonyl (C=O) groups excluding carboxylic acids is 1. The van der Waals surface area contributed by atoms with Crippen LogP contribution < -0.4 is 20.1 Å². The fourth-order valence-corrected chi connectivity index (χ4v) is 3.17. The van der Waals surface area contributed by atoms with E-state index in [1.807, 2.05) is 29.2 Å². The Bertz CT molecular complexity index is 766. The first-order valence-electron chi connectivity index (χ1n) is 8.23. The van der Waals surface area contributed by atoms with E-state index in [0.717, 1.165) is 19.4 Å². The molecule has 1 aliphatic heterocycles. The Morgan fingerprint density at radius 2 is 1.96 bits per heavy atom. The zero-order chi connectivity index (χ0) is 17.8. The molecule has 0 radical (unpaired) electrons. The van der Waals surface area contributed by atoms with Crippen molar-refractivity contribution in [3.63, 3.8) is 0 Å². The van der Waals surface area contributed by atoms with Crippen molar-refractivity contribution in [1.29, 1.82) is 0 Å². The summed E-state index contributed by atoms with van der Waals surface area (Å²) in [4.78, 5) is 13.6. The number of hydrogen-bond donors (Lipinski definition) is 1. The molecular formula is C19H21FN2O3. The molecule has 3 rings (SSSR count). The zero-order valence-corrected chi connectivity index (χ0v) is 14.1. The van der Waals surface area contributed by atoms with Crippen LogP contribution in [0, 0.1) is 5.82 Å². The first-order valence-corrected chi connectivity index (χ1v) is 8.23. The third kappa shape index (κ3) is 3.68. The van der Waals surface area contributed by atoms with Crippen molar-refractivity contribution in [2.75, 3.05) is 25.1 Å². The Hall–Kier alpha value is -2.76. The molecule has 1 saturated heterocycles. The standard InChI is InChI=1S/C19H21FN2O3/c1-24-16-9-2-3-10-17(16)25-13-6-5-11-22(12-13)15-8-4-7-14(20)18(15)19(21)23/h2-4,7-10,13H,5-6,11-12H2,1H3,(H2,21,23). The fourth-order valence-electron chi connectivity index (χ4n) is 3.17. The first-order chi connectivity index (χ1) is 12.1. The number of rotatable bonds is 5. The van der Waals surface area contributed by atoms with Crippen LogP contribution in [0.3, 0.4) is 0 Å². The molecule has 2 aromatic carbocycles. The third-order valence-corrected chi connectivity index (χ3v) is 4.32. The molecule has 25 heavy (non-hydrogen) atoms. The number of nitrogens with zero attached hydrogens (tertiary/aromatic N) is 1. The van der Waals surface area contributed by atoms with Gasteiger partial charge in [-0.05, 0) is 37.1 Å². The molecule has 0 saturated carbocycles. The van der Waals surface area contributed by atoms with Gasteiger partial charge in [0.05, 0.1) is 24.9 Å². The molecule has 1 amide bonds. The second-order valence-electron chi connectivity index (χ2n) is 5.98. The Kier molecular flexibility index (Phi) is 5.07. The number of carbonyl (C=O) groups is 1. The molecule has 6 heteroatoms. The van der Waals surface area contributed by atoms with Crippen molar-refractivity contribution < 1.29 is 18.7 Å². The number of halogens is 1. The SMILES string of the molecule is COc1ccccc1OC1CCCN(c2cccc(F)c2C(N)=O)C1. The predicted molar refractivity (Wildman–Crippen MR) is 93.8 cm³/mol. The van der Waals surface area contributed by atoms with Crippen molar-refractivity contribution in [3.05, 3.63) is 53.8 Å². The molecule has 132 valence electrons. The number of amides is 1. The van der Waals surface area contributed by atoms with E-state index in [-0.39, 0.29) is 11.7 Å². The molecule has 0 spiro atoms. The number of methoxy groups -OCH3 is 1. The number of benzene rings is 2. The minimum absolute atomic E-state index is 0.0690. The smallest absolute Gasteiger partial charge is 0.253 e. The van der Waals surface area contributed by atoms with Gasteiger partial charge < -0.3 is 20.1 Å². The zero-order valence-electron chi connectivity index (χ0n) is 14.1. The molecule has 1 aliphatic rings. The molecule has 1 atom stereocenters. The molecule has 0 aromatic heterocycles. The molecule has 1 unspecified atom stereocenters. The van der Waals surface area contributed by atoms with E-state index in [1.165, 1.54) is 6.07 Å². The Morgan fingerprint density at radius 3 is 2.68 bits per heavy atom. The van der Waals surface area contributed by atoms with E-state index in [0.29, 0.717) is 23.7 Å². The normalized spacial score (nSPS) is 17.2. The quantitative estimate of drug-likeness (QED) is 0.906. The second kappa shape index (κ2) is 7.42. The van der Waals surface area contributed by atoms with Gasteiger partial charge in [-0.3, -0.25) is 4.79 Å². The predicted octanol–water partition coefficient (Wildman–Crippen LogP) is 2.98. The highest BCUT2D eigenvalue weighted by Gasteiger charge is 2.26. The van der Waals surface area contributed by atoms with Gasteiger partial charge in [-0.1, -0.05) is 18.2 Å². The van der Waals surface area contributed by atoms with Gasteiger partial charge in [0.25, 0.3) is 5.91 Å². The Balaban J connectivity index is 1.80. The first kappa shape index (κ1) is 17.1. The summed E-state index contributed by atoms with van der Waals surface area (Å²) in [5.41, 5.74) is 5.81. The molecule has 1 fully saturated rings. The molecule has 2 N–H and O–H groups in total. The van der Waals surface area contributed by atoms with Crippen LogP contribution in [0.5, 0.6) is 11.5 Å². The Morgan fingerprint density at radius 1 is 1.20 bits per heavy atom. The summed E-state index contributed by atoms with van der Waals surface area (Å²) in [7, 11) is 1.60. The molecule has 1 heterocycles. The van der Waals surface area contributed by atoms with Crippen LogP contribution in [0.1, 0.15) is 23.2 Å². The number of piperidine rings is 1. The van der Waals surface area contributed by atoms with Gasteiger partial charge in [0.15, 0.2) is 11.5 Å².